The highest BCUT2D eigenvalue weighted by Gasteiger charge is 2.41. The third-order valence-corrected chi connectivity index (χ3v) is 5.55. The van der Waals surface area contributed by atoms with E-state index in [1.54, 1.807) is 0 Å². The van der Waals surface area contributed by atoms with E-state index in [2.05, 4.69) is 47.4 Å². The molecule has 3 aliphatic rings. The SMILES string of the molecule is O=C(C[C@@H]1C=CCC1)N1C[C@@H]2[C@@H](C1)OCCN2Cc1ccccc1. The zero-order valence-electron chi connectivity index (χ0n) is 14.1. The summed E-state index contributed by atoms with van der Waals surface area (Å²) in [4.78, 5) is 17.2. The summed E-state index contributed by atoms with van der Waals surface area (Å²) in [7, 11) is 0. The summed E-state index contributed by atoms with van der Waals surface area (Å²) in [5.74, 6) is 0.741. The van der Waals surface area contributed by atoms with E-state index in [1.165, 1.54) is 5.56 Å². The van der Waals surface area contributed by atoms with E-state index in [0.717, 1.165) is 45.6 Å². The molecule has 4 rings (SSSR count). The number of carbonyl (C=O) groups is 1. The van der Waals surface area contributed by atoms with Crippen molar-refractivity contribution in [2.75, 3.05) is 26.2 Å². The molecule has 0 spiro atoms. The predicted molar refractivity (Wildman–Crippen MR) is 93.4 cm³/mol. The molecular weight excluding hydrogens is 300 g/mol. The van der Waals surface area contributed by atoms with Crippen molar-refractivity contribution in [2.24, 2.45) is 5.92 Å². The standard InChI is InChI=1S/C20H26N2O2/c23-20(12-16-6-4-5-7-16)22-14-18-19(15-22)24-11-10-21(18)13-17-8-2-1-3-9-17/h1-4,6,8-9,16,18-19H,5,7,10-15H2/t16-,18-,19-/m1/s1. The Hall–Kier alpha value is -1.65. The number of morpholine rings is 1. The van der Waals surface area contributed by atoms with Crippen LogP contribution in [-0.4, -0.2) is 54.1 Å². The highest BCUT2D eigenvalue weighted by atomic mass is 16.5. The smallest absolute Gasteiger partial charge is 0.223 e. The van der Waals surface area contributed by atoms with Crippen molar-refractivity contribution in [3.63, 3.8) is 0 Å². The Bertz CT molecular complexity index is 601. The molecule has 24 heavy (non-hydrogen) atoms. The zero-order valence-corrected chi connectivity index (χ0v) is 14.1. The van der Waals surface area contributed by atoms with Crippen LogP contribution >= 0.6 is 0 Å². The van der Waals surface area contributed by atoms with Gasteiger partial charge in [-0.2, -0.15) is 0 Å². The van der Waals surface area contributed by atoms with Crippen molar-refractivity contribution < 1.29 is 9.53 Å². The van der Waals surface area contributed by atoms with Crippen LogP contribution in [0.3, 0.4) is 0 Å². The molecule has 0 bridgehead atoms. The van der Waals surface area contributed by atoms with E-state index in [9.17, 15) is 4.79 Å². The Morgan fingerprint density at radius 2 is 2.08 bits per heavy atom. The topological polar surface area (TPSA) is 32.8 Å². The normalized spacial score (nSPS) is 29.8. The van der Waals surface area contributed by atoms with Crippen molar-refractivity contribution in [1.29, 1.82) is 0 Å². The van der Waals surface area contributed by atoms with E-state index in [-0.39, 0.29) is 6.10 Å². The number of benzene rings is 1. The molecule has 1 amide bonds. The van der Waals surface area contributed by atoms with Crippen LogP contribution in [0, 0.1) is 5.92 Å². The van der Waals surface area contributed by atoms with Gasteiger partial charge in [0.2, 0.25) is 5.91 Å². The second-order valence-corrected chi connectivity index (χ2v) is 7.20. The quantitative estimate of drug-likeness (QED) is 0.797. The summed E-state index contributed by atoms with van der Waals surface area (Å²) in [6.07, 6.45) is 7.49. The summed E-state index contributed by atoms with van der Waals surface area (Å²) in [6.45, 7) is 4.22. The Morgan fingerprint density at radius 1 is 1.21 bits per heavy atom. The number of rotatable bonds is 4. The number of hydrogen-bond donors (Lipinski definition) is 0. The molecule has 1 aliphatic carbocycles. The van der Waals surface area contributed by atoms with Crippen molar-refractivity contribution in [3.8, 4) is 0 Å². The fourth-order valence-corrected chi connectivity index (χ4v) is 4.19. The van der Waals surface area contributed by atoms with Crippen LogP contribution in [0.4, 0.5) is 0 Å². The summed E-state index contributed by atoms with van der Waals surface area (Å²) in [6, 6.07) is 10.9. The molecule has 0 radical (unpaired) electrons. The predicted octanol–water partition coefficient (Wildman–Crippen LogP) is 2.45. The van der Waals surface area contributed by atoms with Gasteiger partial charge >= 0.3 is 0 Å². The fraction of sp³-hybridized carbons (Fsp3) is 0.550. The van der Waals surface area contributed by atoms with Crippen LogP contribution in [0.25, 0.3) is 0 Å². The van der Waals surface area contributed by atoms with Gasteiger partial charge < -0.3 is 9.64 Å². The Labute approximate surface area is 144 Å². The summed E-state index contributed by atoms with van der Waals surface area (Å²) in [5.41, 5.74) is 1.33. The summed E-state index contributed by atoms with van der Waals surface area (Å²) >= 11 is 0. The third kappa shape index (κ3) is 3.40. The molecule has 2 heterocycles. The third-order valence-electron chi connectivity index (χ3n) is 5.55. The first-order valence-electron chi connectivity index (χ1n) is 9.13. The van der Waals surface area contributed by atoms with Crippen LogP contribution in [0.2, 0.25) is 0 Å². The van der Waals surface area contributed by atoms with Crippen molar-refractivity contribution in [1.82, 2.24) is 9.80 Å². The largest absolute Gasteiger partial charge is 0.373 e. The monoisotopic (exact) mass is 326 g/mol. The van der Waals surface area contributed by atoms with Crippen LogP contribution in [0.15, 0.2) is 42.5 Å². The van der Waals surface area contributed by atoms with Crippen molar-refractivity contribution in [3.05, 3.63) is 48.0 Å². The van der Waals surface area contributed by atoms with Crippen molar-refractivity contribution in [2.45, 2.75) is 38.0 Å². The lowest BCUT2D eigenvalue weighted by Gasteiger charge is -2.36. The molecule has 2 aliphatic heterocycles. The molecule has 2 fully saturated rings. The van der Waals surface area contributed by atoms with E-state index < -0.39 is 0 Å². The zero-order chi connectivity index (χ0) is 16.4. The average Bonchev–Trinajstić information content (AvgIpc) is 3.25. The number of amides is 1. The van der Waals surface area contributed by atoms with Gasteiger partial charge in [-0.3, -0.25) is 9.69 Å². The molecular formula is C20H26N2O2. The van der Waals surface area contributed by atoms with Gasteiger partial charge in [-0.25, -0.2) is 0 Å². The first kappa shape index (κ1) is 15.9. The molecule has 128 valence electrons. The first-order valence-corrected chi connectivity index (χ1v) is 9.13. The Kier molecular flexibility index (Phi) is 4.67. The highest BCUT2D eigenvalue weighted by Crippen LogP contribution is 2.27. The summed E-state index contributed by atoms with van der Waals surface area (Å²) in [5, 5.41) is 0. The summed E-state index contributed by atoms with van der Waals surface area (Å²) < 4.78 is 5.97. The molecule has 3 atom stereocenters. The van der Waals surface area contributed by atoms with Gasteiger partial charge in [0.1, 0.15) is 0 Å². The van der Waals surface area contributed by atoms with Crippen LogP contribution in [-0.2, 0) is 16.1 Å². The van der Waals surface area contributed by atoms with Gasteiger partial charge in [-0.15, -0.1) is 0 Å². The minimum absolute atomic E-state index is 0.172. The number of ether oxygens (including phenoxy) is 1. The maximum absolute atomic E-state index is 12.6. The van der Waals surface area contributed by atoms with E-state index in [4.69, 9.17) is 4.74 Å². The maximum Gasteiger partial charge on any atom is 0.223 e. The van der Waals surface area contributed by atoms with Crippen LogP contribution in [0.1, 0.15) is 24.8 Å². The number of fused-ring (bicyclic) bond motifs is 1. The Balaban J connectivity index is 1.38. The van der Waals surface area contributed by atoms with E-state index in [0.29, 0.717) is 24.3 Å². The van der Waals surface area contributed by atoms with Crippen LogP contribution < -0.4 is 0 Å². The number of hydrogen-bond acceptors (Lipinski definition) is 3. The first-order chi connectivity index (χ1) is 11.8. The molecule has 2 saturated heterocycles. The van der Waals surface area contributed by atoms with Crippen LogP contribution in [0.5, 0.6) is 0 Å². The second-order valence-electron chi connectivity index (χ2n) is 7.20. The maximum atomic E-state index is 12.6. The molecule has 0 aromatic heterocycles. The van der Waals surface area contributed by atoms with Gasteiger partial charge in [0.25, 0.3) is 0 Å². The molecule has 4 heteroatoms. The van der Waals surface area contributed by atoms with Gasteiger partial charge in [0.15, 0.2) is 0 Å². The molecule has 1 aromatic rings. The van der Waals surface area contributed by atoms with Gasteiger partial charge in [0, 0.05) is 32.6 Å². The van der Waals surface area contributed by atoms with Gasteiger partial charge in [0.05, 0.1) is 18.8 Å². The van der Waals surface area contributed by atoms with E-state index >= 15 is 0 Å². The number of allylic oxidation sites excluding steroid dienone is 2. The molecule has 1 aromatic carbocycles. The molecule has 4 nitrogen and oxygen atoms in total. The lowest BCUT2D eigenvalue weighted by atomic mass is 10.0. The fourth-order valence-electron chi connectivity index (χ4n) is 4.19. The number of nitrogens with zero attached hydrogens (tertiary/aromatic N) is 2. The second kappa shape index (κ2) is 7.08. The Morgan fingerprint density at radius 3 is 2.88 bits per heavy atom. The minimum atomic E-state index is 0.172. The number of carbonyl (C=O) groups excluding carboxylic acids is 1. The molecule has 0 N–H and O–H groups in total. The average molecular weight is 326 g/mol. The lowest BCUT2D eigenvalue weighted by Crippen LogP contribution is -2.50. The van der Waals surface area contributed by atoms with Crippen molar-refractivity contribution >= 4 is 5.91 Å². The minimum Gasteiger partial charge on any atom is -0.373 e. The highest BCUT2D eigenvalue weighted by molar-refractivity contribution is 5.77. The molecule has 0 saturated carbocycles. The molecule has 0 unspecified atom stereocenters. The van der Waals surface area contributed by atoms with E-state index in [1.807, 2.05) is 4.90 Å². The van der Waals surface area contributed by atoms with Gasteiger partial charge in [-0.05, 0) is 24.3 Å². The number of likely N-dealkylation sites (tertiary alicyclic amines) is 1. The van der Waals surface area contributed by atoms with Gasteiger partial charge in [-0.1, -0.05) is 42.5 Å². The lowest BCUT2D eigenvalue weighted by molar-refractivity contribution is -0.131.